The Hall–Kier alpha value is -3.32. The van der Waals surface area contributed by atoms with Gasteiger partial charge in [-0.05, 0) is 37.9 Å². The molecule has 0 aliphatic carbocycles. The second kappa shape index (κ2) is 9.00. The number of aromatic amines is 1. The third kappa shape index (κ3) is 4.63. The monoisotopic (exact) mass is 407 g/mol. The van der Waals surface area contributed by atoms with Crippen molar-refractivity contribution in [1.29, 1.82) is 0 Å². The van der Waals surface area contributed by atoms with Gasteiger partial charge in [0.25, 0.3) is 0 Å². The summed E-state index contributed by atoms with van der Waals surface area (Å²) < 4.78 is 17.6. The molecule has 1 unspecified atom stereocenters. The molecule has 0 radical (unpaired) electrons. The van der Waals surface area contributed by atoms with Crippen molar-refractivity contribution in [1.82, 2.24) is 15.1 Å². The van der Waals surface area contributed by atoms with Crippen molar-refractivity contribution in [2.45, 2.75) is 12.5 Å². The number of hydrogen-bond donors (Lipinski definition) is 1. The molecule has 0 fully saturated rings. The number of likely N-dealkylation sites (N-methyl/N-ethyl adjacent to an activating group) is 1. The van der Waals surface area contributed by atoms with Gasteiger partial charge in [-0.1, -0.05) is 24.3 Å². The summed E-state index contributed by atoms with van der Waals surface area (Å²) >= 11 is 0. The van der Waals surface area contributed by atoms with Crippen LogP contribution in [0.4, 0.5) is 0 Å². The summed E-state index contributed by atoms with van der Waals surface area (Å²) in [6.07, 6.45) is 3.16. The van der Waals surface area contributed by atoms with E-state index >= 15 is 0 Å². The van der Waals surface area contributed by atoms with Gasteiger partial charge in [-0.2, -0.15) is 5.10 Å². The highest BCUT2D eigenvalue weighted by Crippen LogP contribution is 2.32. The van der Waals surface area contributed by atoms with Gasteiger partial charge in [0, 0.05) is 30.3 Å². The van der Waals surface area contributed by atoms with Crippen molar-refractivity contribution < 1.29 is 19.0 Å². The molecule has 2 aromatic carbocycles. The van der Waals surface area contributed by atoms with E-state index in [1.54, 1.807) is 6.20 Å². The molecule has 1 aromatic heterocycles. The molecule has 156 valence electrons. The SMILES string of the molecule is CN(C)CCOc1cc(-c2cn[nH]c2)ccc1CC(=O)C1COc2ccccc2O1. The minimum absolute atomic E-state index is 0.0435. The Kier molecular flexibility index (Phi) is 5.99. The first-order valence-electron chi connectivity index (χ1n) is 9.91. The molecular formula is C23H25N3O4. The van der Waals surface area contributed by atoms with Crippen LogP contribution in [-0.4, -0.2) is 60.8 Å². The fourth-order valence-electron chi connectivity index (χ4n) is 3.24. The summed E-state index contributed by atoms with van der Waals surface area (Å²) in [4.78, 5) is 15.0. The number of H-pyrrole nitrogens is 1. The van der Waals surface area contributed by atoms with Crippen molar-refractivity contribution in [3.05, 3.63) is 60.4 Å². The van der Waals surface area contributed by atoms with E-state index in [2.05, 4.69) is 15.1 Å². The fourth-order valence-corrected chi connectivity index (χ4v) is 3.24. The number of ketones is 1. The van der Waals surface area contributed by atoms with Gasteiger partial charge >= 0.3 is 0 Å². The summed E-state index contributed by atoms with van der Waals surface area (Å²) in [5, 5.41) is 6.83. The van der Waals surface area contributed by atoms with Crippen LogP contribution in [0.25, 0.3) is 11.1 Å². The predicted octanol–water partition coefficient (Wildman–Crippen LogP) is 2.97. The lowest BCUT2D eigenvalue weighted by Gasteiger charge is -2.25. The van der Waals surface area contributed by atoms with Gasteiger partial charge < -0.3 is 19.1 Å². The molecule has 2 heterocycles. The van der Waals surface area contributed by atoms with Gasteiger partial charge in [0.15, 0.2) is 23.4 Å². The van der Waals surface area contributed by atoms with Gasteiger partial charge in [0.05, 0.1) is 6.20 Å². The average molecular weight is 407 g/mol. The number of nitrogens with zero attached hydrogens (tertiary/aromatic N) is 2. The van der Waals surface area contributed by atoms with E-state index in [1.165, 1.54) is 0 Å². The first kappa shape index (κ1) is 20.0. The zero-order chi connectivity index (χ0) is 20.9. The number of para-hydroxylation sites is 2. The number of carbonyl (C=O) groups excluding carboxylic acids is 1. The van der Waals surface area contributed by atoms with Gasteiger partial charge in [-0.3, -0.25) is 9.89 Å². The van der Waals surface area contributed by atoms with Crippen LogP contribution in [0.15, 0.2) is 54.9 Å². The molecule has 0 spiro atoms. The van der Waals surface area contributed by atoms with Gasteiger partial charge in [-0.15, -0.1) is 0 Å². The molecule has 0 amide bonds. The largest absolute Gasteiger partial charge is 0.492 e. The molecule has 4 rings (SSSR count). The summed E-state index contributed by atoms with van der Waals surface area (Å²) in [6.45, 7) is 1.51. The second-order valence-electron chi connectivity index (χ2n) is 7.47. The Labute approximate surface area is 175 Å². The zero-order valence-electron chi connectivity index (χ0n) is 17.1. The fraction of sp³-hybridized carbons (Fsp3) is 0.304. The minimum atomic E-state index is -0.636. The minimum Gasteiger partial charge on any atom is -0.492 e. The Morgan fingerprint density at radius 2 is 2.03 bits per heavy atom. The van der Waals surface area contributed by atoms with Crippen LogP contribution in [0, 0.1) is 0 Å². The maximum atomic E-state index is 12.9. The third-order valence-electron chi connectivity index (χ3n) is 4.93. The Morgan fingerprint density at radius 3 is 2.80 bits per heavy atom. The number of fused-ring (bicyclic) bond motifs is 1. The van der Waals surface area contributed by atoms with Crippen LogP contribution in [0.1, 0.15) is 5.56 Å². The Balaban J connectivity index is 1.51. The number of ether oxygens (including phenoxy) is 3. The number of Topliss-reactive ketones (excluding diaryl/α,β-unsaturated/α-hetero) is 1. The average Bonchev–Trinajstić information content (AvgIpc) is 3.29. The van der Waals surface area contributed by atoms with E-state index in [0.29, 0.717) is 23.9 Å². The van der Waals surface area contributed by atoms with Crippen molar-refractivity contribution >= 4 is 5.78 Å². The van der Waals surface area contributed by atoms with E-state index in [9.17, 15) is 4.79 Å². The molecule has 7 heteroatoms. The number of carbonyl (C=O) groups is 1. The van der Waals surface area contributed by atoms with Crippen LogP contribution < -0.4 is 14.2 Å². The van der Waals surface area contributed by atoms with E-state index in [0.717, 1.165) is 23.2 Å². The highest BCUT2D eigenvalue weighted by molar-refractivity contribution is 5.87. The highest BCUT2D eigenvalue weighted by Gasteiger charge is 2.28. The zero-order valence-corrected chi connectivity index (χ0v) is 17.1. The van der Waals surface area contributed by atoms with Crippen LogP contribution in [-0.2, 0) is 11.2 Å². The van der Waals surface area contributed by atoms with Crippen LogP contribution >= 0.6 is 0 Å². The number of hydrogen-bond acceptors (Lipinski definition) is 6. The molecule has 7 nitrogen and oxygen atoms in total. The molecule has 0 bridgehead atoms. The normalized spacial score (nSPS) is 15.2. The lowest BCUT2D eigenvalue weighted by atomic mass is 10.0. The molecule has 3 aromatic rings. The van der Waals surface area contributed by atoms with Crippen LogP contribution in [0.3, 0.4) is 0 Å². The summed E-state index contributed by atoms with van der Waals surface area (Å²) in [6, 6.07) is 13.2. The van der Waals surface area contributed by atoms with E-state index < -0.39 is 6.10 Å². The van der Waals surface area contributed by atoms with E-state index in [4.69, 9.17) is 14.2 Å². The third-order valence-corrected chi connectivity index (χ3v) is 4.93. The lowest BCUT2D eigenvalue weighted by Crippen LogP contribution is -2.37. The van der Waals surface area contributed by atoms with Gasteiger partial charge in [0.1, 0.15) is 19.0 Å². The summed E-state index contributed by atoms with van der Waals surface area (Å²) in [5.74, 6) is 1.91. The Bertz CT molecular complexity index is 1000. The maximum Gasteiger partial charge on any atom is 0.191 e. The topological polar surface area (TPSA) is 76.7 Å². The molecule has 1 aliphatic heterocycles. The number of rotatable bonds is 8. The molecule has 1 N–H and O–H groups in total. The number of nitrogens with one attached hydrogen (secondary N) is 1. The predicted molar refractivity (Wildman–Crippen MR) is 113 cm³/mol. The van der Waals surface area contributed by atoms with Gasteiger partial charge in [0.2, 0.25) is 0 Å². The van der Waals surface area contributed by atoms with Crippen molar-refractivity contribution in [2.75, 3.05) is 33.9 Å². The van der Waals surface area contributed by atoms with Gasteiger partial charge in [-0.25, -0.2) is 0 Å². The van der Waals surface area contributed by atoms with Crippen molar-refractivity contribution in [3.8, 4) is 28.4 Å². The number of aromatic nitrogens is 2. The lowest BCUT2D eigenvalue weighted by molar-refractivity contribution is -0.127. The first-order valence-corrected chi connectivity index (χ1v) is 9.91. The number of benzene rings is 2. The highest BCUT2D eigenvalue weighted by atomic mass is 16.6. The molecule has 30 heavy (non-hydrogen) atoms. The molecule has 1 atom stereocenters. The molecular weight excluding hydrogens is 382 g/mol. The standard InChI is InChI=1S/C23H25N3O4/c1-26(2)9-10-28-22-12-16(18-13-24-25-14-18)7-8-17(22)11-19(27)23-15-29-20-5-3-4-6-21(20)30-23/h3-8,12-14,23H,9-11,15H2,1-2H3,(H,24,25). The second-order valence-corrected chi connectivity index (χ2v) is 7.47. The maximum absolute atomic E-state index is 12.9. The van der Waals surface area contributed by atoms with Crippen molar-refractivity contribution in [3.63, 3.8) is 0 Å². The molecule has 1 aliphatic rings. The van der Waals surface area contributed by atoms with Crippen LogP contribution in [0.5, 0.6) is 17.2 Å². The summed E-state index contributed by atoms with van der Waals surface area (Å²) in [7, 11) is 3.99. The Morgan fingerprint density at radius 1 is 1.20 bits per heavy atom. The quantitative estimate of drug-likeness (QED) is 0.619. The van der Waals surface area contributed by atoms with E-state index in [-0.39, 0.29) is 18.8 Å². The first-order chi connectivity index (χ1) is 14.6. The van der Waals surface area contributed by atoms with Crippen molar-refractivity contribution in [2.24, 2.45) is 0 Å². The summed E-state index contributed by atoms with van der Waals surface area (Å²) in [5.41, 5.74) is 2.77. The molecule has 0 saturated carbocycles. The smallest absolute Gasteiger partial charge is 0.191 e. The van der Waals surface area contributed by atoms with E-state index in [1.807, 2.05) is 62.8 Å². The molecule has 0 saturated heterocycles. The van der Waals surface area contributed by atoms with Crippen LogP contribution in [0.2, 0.25) is 0 Å².